The van der Waals surface area contributed by atoms with Crippen molar-refractivity contribution in [1.29, 1.82) is 0 Å². The number of phenols is 1. The van der Waals surface area contributed by atoms with Crippen LogP contribution in [0.3, 0.4) is 0 Å². The molecule has 0 saturated carbocycles. The number of nitrogens with zero attached hydrogens (tertiary/aromatic N) is 1. The van der Waals surface area contributed by atoms with Crippen molar-refractivity contribution in [3.63, 3.8) is 0 Å². The molecule has 2 N–H and O–H groups in total. The maximum absolute atomic E-state index is 9.69. The SMILES string of the molecule is Cc1cncc2c1[nH]c1ccc3cc(O)cc(Cl)c3c12. The molecule has 0 aliphatic carbocycles. The van der Waals surface area contributed by atoms with Crippen LogP contribution in [-0.2, 0) is 0 Å². The van der Waals surface area contributed by atoms with E-state index in [0.29, 0.717) is 5.02 Å². The highest BCUT2D eigenvalue weighted by Crippen LogP contribution is 2.38. The van der Waals surface area contributed by atoms with Gasteiger partial charge in [-0.05, 0) is 36.1 Å². The van der Waals surface area contributed by atoms with Gasteiger partial charge in [-0.15, -0.1) is 0 Å². The molecule has 0 amide bonds. The summed E-state index contributed by atoms with van der Waals surface area (Å²) in [5.74, 6) is 0.177. The Morgan fingerprint density at radius 3 is 2.85 bits per heavy atom. The Labute approximate surface area is 119 Å². The summed E-state index contributed by atoms with van der Waals surface area (Å²) in [4.78, 5) is 7.70. The lowest BCUT2D eigenvalue weighted by atomic mass is 10.0. The number of nitrogens with one attached hydrogen (secondary N) is 1. The predicted molar refractivity (Wildman–Crippen MR) is 82.5 cm³/mol. The van der Waals surface area contributed by atoms with Gasteiger partial charge in [0.25, 0.3) is 0 Å². The molecule has 2 aromatic heterocycles. The van der Waals surface area contributed by atoms with Crippen molar-refractivity contribution >= 4 is 44.2 Å². The fraction of sp³-hybridized carbons (Fsp3) is 0.0625. The topological polar surface area (TPSA) is 48.9 Å². The average molecular weight is 283 g/mol. The zero-order chi connectivity index (χ0) is 13.9. The summed E-state index contributed by atoms with van der Waals surface area (Å²) in [6.07, 6.45) is 3.69. The molecular formula is C16H11ClN2O. The smallest absolute Gasteiger partial charge is 0.117 e. The maximum Gasteiger partial charge on any atom is 0.117 e. The molecule has 0 saturated heterocycles. The summed E-state index contributed by atoms with van der Waals surface area (Å²) in [7, 11) is 0. The van der Waals surface area contributed by atoms with Gasteiger partial charge in [-0.25, -0.2) is 0 Å². The summed E-state index contributed by atoms with van der Waals surface area (Å²) in [5.41, 5.74) is 3.20. The van der Waals surface area contributed by atoms with Gasteiger partial charge in [0, 0.05) is 34.1 Å². The van der Waals surface area contributed by atoms with E-state index in [0.717, 1.165) is 38.1 Å². The van der Waals surface area contributed by atoms with Crippen LogP contribution in [0.15, 0.2) is 36.7 Å². The third-order valence-corrected chi connectivity index (χ3v) is 4.02. The molecule has 0 spiro atoms. The lowest BCUT2D eigenvalue weighted by molar-refractivity contribution is 0.476. The van der Waals surface area contributed by atoms with Crippen LogP contribution in [0.5, 0.6) is 5.75 Å². The van der Waals surface area contributed by atoms with Crippen molar-refractivity contribution in [3.8, 4) is 5.75 Å². The molecule has 0 aliphatic heterocycles. The van der Waals surface area contributed by atoms with Gasteiger partial charge in [0.15, 0.2) is 0 Å². The number of aromatic nitrogens is 2. The Morgan fingerprint density at radius 1 is 1.15 bits per heavy atom. The third kappa shape index (κ3) is 1.44. The van der Waals surface area contributed by atoms with Gasteiger partial charge < -0.3 is 10.1 Å². The number of H-pyrrole nitrogens is 1. The maximum atomic E-state index is 9.69. The first-order valence-corrected chi connectivity index (χ1v) is 6.70. The molecule has 0 atom stereocenters. The largest absolute Gasteiger partial charge is 0.508 e. The number of pyridine rings is 1. The fourth-order valence-corrected chi connectivity index (χ4v) is 3.15. The number of hydrogen-bond acceptors (Lipinski definition) is 2. The molecule has 0 bridgehead atoms. The zero-order valence-corrected chi connectivity index (χ0v) is 11.5. The van der Waals surface area contributed by atoms with Crippen LogP contribution in [0, 0.1) is 6.92 Å². The number of aromatic hydroxyl groups is 1. The first kappa shape index (κ1) is 11.6. The highest BCUT2D eigenvalue weighted by atomic mass is 35.5. The van der Waals surface area contributed by atoms with E-state index in [1.165, 1.54) is 0 Å². The molecule has 0 radical (unpaired) electrons. The van der Waals surface area contributed by atoms with Crippen LogP contribution >= 0.6 is 11.6 Å². The first-order valence-electron chi connectivity index (χ1n) is 6.32. The molecule has 0 unspecified atom stereocenters. The van der Waals surface area contributed by atoms with Crippen LogP contribution in [-0.4, -0.2) is 15.1 Å². The van der Waals surface area contributed by atoms with Crippen molar-refractivity contribution < 1.29 is 5.11 Å². The van der Waals surface area contributed by atoms with E-state index in [-0.39, 0.29) is 5.75 Å². The molecule has 4 rings (SSSR count). The van der Waals surface area contributed by atoms with Gasteiger partial charge in [-0.2, -0.15) is 0 Å². The van der Waals surface area contributed by atoms with Gasteiger partial charge >= 0.3 is 0 Å². The van der Waals surface area contributed by atoms with Crippen molar-refractivity contribution in [2.24, 2.45) is 0 Å². The molecule has 20 heavy (non-hydrogen) atoms. The number of rotatable bonds is 0. The van der Waals surface area contributed by atoms with Gasteiger partial charge in [-0.1, -0.05) is 17.7 Å². The van der Waals surface area contributed by atoms with E-state index in [1.807, 2.05) is 31.5 Å². The van der Waals surface area contributed by atoms with Gasteiger partial charge in [0.2, 0.25) is 0 Å². The number of aryl methyl sites for hydroxylation is 1. The van der Waals surface area contributed by atoms with E-state index < -0.39 is 0 Å². The summed E-state index contributed by atoms with van der Waals surface area (Å²) in [6, 6.07) is 7.27. The Morgan fingerprint density at radius 2 is 2.00 bits per heavy atom. The molecule has 98 valence electrons. The standard InChI is InChI=1S/C16H11ClN2O/c1-8-6-18-7-11-15-13(19-16(8)11)3-2-9-4-10(20)5-12(17)14(9)15/h2-7,19-20H,1H3. The van der Waals surface area contributed by atoms with Crippen molar-refractivity contribution in [2.75, 3.05) is 0 Å². The molecular weight excluding hydrogens is 272 g/mol. The molecule has 3 nitrogen and oxygen atoms in total. The summed E-state index contributed by atoms with van der Waals surface area (Å²) >= 11 is 6.34. The van der Waals surface area contributed by atoms with E-state index in [4.69, 9.17) is 11.6 Å². The quantitative estimate of drug-likeness (QED) is 0.497. The van der Waals surface area contributed by atoms with Gasteiger partial charge in [0.1, 0.15) is 5.75 Å². The van der Waals surface area contributed by atoms with E-state index in [1.54, 1.807) is 12.1 Å². The lowest BCUT2D eigenvalue weighted by Gasteiger charge is -2.04. The minimum Gasteiger partial charge on any atom is -0.508 e. The second-order valence-corrected chi connectivity index (χ2v) is 5.42. The lowest BCUT2D eigenvalue weighted by Crippen LogP contribution is -1.79. The summed E-state index contributed by atoms with van der Waals surface area (Å²) in [5, 5.41) is 14.2. The van der Waals surface area contributed by atoms with E-state index in [2.05, 4.69) is 9.97 Å². The van der Waals surface area contributed by atoms with Crippen LogP contribution in [0.2, 0.25) is 5.02 Å². The van der Waals surface area contributed by atoms with Crippen molar-refractivity contribution in [3.05, 3.63) is 47.2 Å². The number of phenolic OH excluding ortho intramolecular Hbond substituents is 1. The number of fused-ring (bicyclic) bond motifs is 5. The number of benzene rings is 2. The first-order chi connectivity index (χ1) is 9.65. The minimum absolute atomic E-state index is 0.177. The molecule has 2 heterocycles. The Bertz CT molecular complexity index is 988. The minimum atomic E-state index is 0.177. The average Bonchev–Trinajstić information content (AvgIpc) is 2.78. The highest BCUT2D eigenvalue weighted by Gasteiger charge is 2.12. The summed E-state index contributed by atoms with van der Waals surface area (Å²) < 4.78 is 0. The van der Waals surface area contributed by atoms with Crippen LogP contribution in [0.1, 0.15) is 5.56 Å². The molecule has 0 aliphatic rings. The number of aromatic amines is 1. The van der Waals surface area contributed by atoms with Crippen LogP contribution in [0.25, 0.3) is 32.6 Å². The molecule has 2 aromatic carbocycles. The van der Waals surface area contributed by atoms with Gasteiger partial charge in [-0.3, -0.25) is 4.98 Å². The van der Waals surface area contributed by atoms with E-state index >= 15 is 0 Å². The molecule has 4 aromatic rings. The highest BCUT2D eigenvalue weighted by molar-refractivity contribution is 6.39. The molecule has 0 fully saturated rings. The summed E-state index contributed by atoms with van der Waals surface area (Å²) in [6.45, 7) is 2.03. The predicted octanol–water partition coefficient (Wildman–Crippen LogP) is 4.54. The second-order valence-electron chi connectivity index (χ2n) is 5.02. The fourth-order valence-electron chi connectivity index (χ4n) is 2.84. The third-order valence-electron chi connectivity index (χ3n) is 3.72. The Kier molecular flexibility index (Phi) is 2.24. The van der Waals surface area contributed by atoms with Gasteiger partial charge in [0.05, 0.1) is 10.5 Å². The number of hydrogen-bond donors (Lipinski definition) is 2. The second kappa shape index (κ2) is 3.87. The van der Waals surface area contributed by atoms with Crippen molar-refractivity contribution in [2.45, 2.75) is 6.92 Å². The van der Waals surface area contributed by atoms with E-state index in [9.17, 15) is 5.11 Å². The van der Waals surface area contributed by atoms with Crippen LogP contribution in [0.4, 0.5) is 0 Å². The van der Waals surface area contributed by atoms with Crippen LogP contribution < -0.4 is 0 Å². The number of halogens is 1. The molecule has 4 heteroatoms. The Balaban J connectivity index is 2.35. The normalized spacial score (nSPS) is 11.7. The monoisotopic (exact) mass is 282 g/mol. The zero-order valence-electron chi connectivity index (χ0n) is 10.7. The van der Waals surface area contributed by atoms with Crippen molar-refractivity contribution in [1.82, 2.24) is 9.97 Å². The Hall–Kier alpha value is -2.26.